The molecule has 0 spiro atoms. The van der Waals surface area contributed by atoms with Crippen LogP contribution in [0, 0.1) is 19.3 Å². The third-order valence-corrected chi connectivity index (χ3v) is 10.9. The first-order valence-electron chi connectivity index (χ1n) is 16.5. The van der Waals surface area contributed by atoms with Gasteiger partial charge in [-0.05, 0) is 68.7 Å². The predicted octanol–water partition coefficient (Wildman–Crippen LogP) is 6.62. The molecule has 2 aliphatic rings. The van der Waals surface area contributed by atoms with E-state index in [-0.39, 0.29) is 22.5 Å². The lowest BCUT2D eigenvalue weighted by atomic mass is 9.92. The van der Waals surface area contributed by atoms with Crippen molar-refractivity contribution in [2.24, 2.45) is 5.41 Å². The second-order valence-corrected chi connectivity index (χ2v) is 15.1. The molecule has 0 bridgehead atoms. The molecule has 248 valence electrons. The molecule has 0 saturated carbocycles. The largest absolute Gasteiger partial charge is 0.338 e. The number of Topliss-reactive ketones (excluding diaryl/α,β-unsaturated/α-hetero) is 1. The number of rotatable bonds is 10. The minimum Gasteiger partial charge on any atom is -0.338 e. The zero-order chi connectivity index (χ0) is 33.5. The molecule has 1 amide bonds. The Bertz CT molecular complexity index is 1960. The number of nitrogens with zero attached hydrogens (tertiary/aromatic N) is 4. The van der Waals surface area contributed by atoms with Crippen molar-refractivity contribution >= 4 is 27.6 Å². The summed E-state index contributed by atoms with van der Waals surface area (Å²) >= 11 is 0. The minimum atomic E-state index is -4.07. The molecule has 10 nitrogen and oxygen atoms in total. The fourth-order valence-corrected chi connectivity index (χ4v) is 7.93. The van der Waals surface area contributed by atoms with E-state index in [1.54, 1.807) is 32.0 Å². The molecule has 2 aromatic heterocycles. The van der Waals surface area contributed by atoms with Gasteiger partial charge in [0.15, 0.2) is 5.78 Å². The standard InChI is InChI=1S/C36H43N5O5S/c1-6-11-32-37-29-13-8-9-14-30(42)33(29)41(32)21-25-16-17-27(26(20-25)22-40-19-18-36(4,5)35(40)43)28-12-7-10-15-31(28)47(44,45)39-34-23(2)24(3)38-46-34/h7,10,12,15-17,20,39H,6,8-9,11,13-14,18-19,21-22H2,1-5H3. The number of nitrogens with one attached hydrogen (secondary N) is 1. The van der Waals surface area contributed by atoms with Crippen molar-refractivity contribution in [3.63, 3.8) is 0 Å². The first kappa shape index (κ1) is 32.7. The molecule has 4 aromatic rings. The number of fused-ring (bicyclic) bond motifs is 1. The van der Waals surface area contributed by atoms with E-state index in [0.717, 1.165) is 61.2 Å². The zero-order valence-corrected chi connectivity index (χ0v) is 28.7. The van der Waals surface area contributed by atoms with Gasteiger partial charge in [-0.3, -0.25) is 9.59 Å². The Hall–Kier alpha value is -4.25. The van der Waals surface area contributed by atoms with E-state index in [0.29, 0.717) is 54.1 Å². The third-order valence-electron chi connectivity index (χ3n) is 9.52. The van der Waals surface area contributed by atoms with Crippen LogP contribution in [0.2, 0.25) is 0 Å². The lowest BCUT2D eigenvalue weighted by Crippen LogP contribution is -2.30. The maximum absolute atomic E-state index is 13.8. The number of carbonyl (C=O) groups excluding carboxylic acids is 2. The summed E-state index contributed by atoms with van der Waals surface area (Å²) < 4.78 is 37.6. The lowest BCUT2D eigenvalue weighted by Gasteiger charge is -2.23. The minimum absolute atomic E-state index is 0.0725. The van der Waals surface area contributed by atoms with Gasteiger partial charge in [0.25, 0.3) is 10.0 Å². The summed E-state index contributed by atoms with van der Waals surface area (Å²) in [6.45, 7) is 10.9. The van der Waals surface area contributed by atoms with Crippen molar-refractivity contribution in [2.75, 3.05) is 11.3 Å². The highest BCUT2D eigenvalue weighted by Gasteiger charge is 2.39. The Morgan fingerprint density at radius 1 is 1.00 bits per heavy atom. The Balaban J connectivity index is 1.44. The van der Waals surface area contributed by atoms with Crippen LogP contribution in [0.15, 0.2) is 51.9 Å². The van der Waals surface area contributed by atoms with E-state index >= 15 is 0 Å². The highest BCUT2D eigenvalue weighted by Crippen LogP contribution is 2.37. The Morgan fingerprint density at radius 3 is 2.47 bits per heavy atom. The number of aromatic nitrogens is 3. The summed E-state index contributed by atoms with van der Waals surface area (Å²) in [4.78, 5) is 33.5. The molecule has 0 unspecified atom stereocenters. The van der Waals surface area contributed by atoms with Crippen molar-refractivity contribution in [3.05, 3.63) is 82.1 Å². The summed E-state index contributed by atoms with van der Waals surface area (Å²) in [6.07, 6.45) is 5.56. The summed E-state index contributed by atoms with van der Waals surface area (Å²) in [5, 5.41) is 3.89. The summed E-state index contributed by atoms with van der Waals surface area (Å²) in [7, 11) is -4.07. The number of carbonyl (C=O) groups is 2. The molecule has 1 saturated heterocycles. The number of anilines is 1. The fraction of sp³-hybridized carbons (Fsp3) is 0.444. The van der Waals surface area contributed by atoms with Crippen LogP contribution in [0.25, 0.3) is 11.1 Å². The Morgan fingerprint density at radius 2 is 1.77 bits per heavy atom. The van der Waals surface area contributed by atoms with E-state index in [2.05, 4.69) is 27.4 Å². The lowest BCUT2D eigenvalue weighted by molar-refractivity contribution is -0.135. The summed E-state index contributed by atoms with van der Waals surface area (Å²) in [6, 6.07) is 12.8. The van der Waals surface area contributed by atoms with Crippen LogP contribution in [0.4, 0.5) is 5.88 Å². The van der Waals surface area contributed by atoms with Gasteiger partial charge in [0.1, 0.15) is 11.5 Å². The van der Waals surface area contributed by atoms with Crippen molar-refractivity contribution in [3.8, 4) is 11.1 Å². The zero-order valence-electron chi connectivity index (χ0n) is 27.9. The van der Waals surface area contributed by atoms with Crippen LogP contribution in [-0.2, 0) is 40.7 Å². The number of imidazole rings is 1. The predicted molar refractivity (Wildman–Crippen MR) is 180 cm³/mol. The van der Waals surface area contributed by atoms with Crippen LogP contribution < -0.4 is 4.72 Å². The van der Waals surface area contributed by atoms with Crippen LogP contribution in [0.3, 0.4) is 0 Å². The first-order chi connectivity index (χ1) is 22.4. The van der Waals surface area contributed by atoms with Gasteiger partial charge in [-0.1, -0.05) is 62.3 Å². The van der Waals surface area contributed by atoms with Crippen molar-refractivity contribution in [1.82, 2.24) is 19.6 Å². The second kappa shape index (κ2) is 12.7. The molecule has 2 aromatic carbocycles. The molecule has 1 fully saturated rings. The van der Waals surface area contributed by atoms with Gasteiger partial charge in [-0.15, -0.1) is 0 Å². The Labute approximate surface area is 276 Å². The quantitative estimate of drug-likeness (QED) is 0.190. The maximum atomic E-state index is 13.8. The number of benzene rings is 2. The van der Waals surface area contributed by atoms with Crippen molar-refractivity contribution in [2.45, 2.75) is 97.5 Å². The van der Waals surface area contributed by atoms with Crippen LogP contribution >= 0.6 is 0 Å². The smallest absolute Gasteiger partial charge is 0.264 e. The number of likely N-dealkylation sites (tertiary alicyclic amines) is 1. The molecule has 1 N–H and O–H groups in total. The number of hydrogen-bond donors (Lipinski definition) is 1. The van der Waals surface area contributed by atoms with Gasteiger partial charge in [0, 0.05) is 49.0 Å². The van der Waals surface area contributed by atoms with Gasteiger partial charge in [-0.2, -0.15) is 0 Å². The highest BCUT2D eigenvalue weighted by molar-refractivity contribution is 7.92. The highest BCUT2D eigenvalue weighted by atomic mass is 32.2. The van der Waals surface area contributed by atoms with Crippen LogP contribution in [-0.4, -0.2) is 46.3 Å². The van der Waals surface area contributed by atoms with Gasteiger partial charge >= 0.3 is 0 Å². The van der Waals surface area contributed by atoms with Gasteiger partial charge < -0.3 is 14.0 Å². The van der Waals surface area contributed by atoms with E-state index < -0.39 is 15.4 Å². The molecular formula is C36H43N5O5S. The average molecular weight is 658 g/mol. The Kier molecular flexibility index (Phi) is 8.86. The molecule has 1 aliphatic carbocycles. The fourth-order valence-electron chi connectivity index (χ4n) is 6.66. The van der Waals surface area contributed by atoms with Crippen LogP contribution in [0.5, 0.6) is 0 Å². The van der Waals surface area contributed by atoms with Gasteiger partial charge in [-0.25, -0.2) is 18.1 Å². The number of aryl methyl sites for hydroxylation is 3. The molecule has 3 heterocycles. The molecule has 0 atom stereocenters. The molecule has 0 radical (unpaired) electrons. The third kappa shape index (κ3) is 6.37. The van der Waals surface area contributed by atoms with Gasteiger partial charge in [0.2, 0.25) is 11.8 Å². The van der Waals surface area contributed by atoms with Gasteiger partial charge in [0.05, 0.1) is 16.3 Å². The average Bonchev–Trinajstić information content (AvgIpc) is 3.57. The van der Waals surface area contributed by atoms with Crippen LogP contribution in [0.1, 0.15) is 97.3 Å². The normalized spacial score (nSPS) is 16.4. The number of ketones is 1. The molecular weight excluding hydrogens is 614 g/mol. The first-order valence-corrected chi connectivity index (χ1v) is 18.0. The van der Waals surface area contributed by atoms with E-state index in [4.69, 9.17) is 9.51 Å². The monoisotopic (exact) mass is 657 g/mol. The number of amides is 1. The number of sulfonamides is 1. The topological polar surface area (TPSA) is 127 Å². The summed E-state index contributed by atoms with van der Waals surface area (Å²) in [5.74, 6) is 1.20. The summed E-state index contributed by atoms with van der Waals surface area (Å²) in [5.41, 5.74) is 5.38. The second-order valence-electron chi connectivity index (χ2n) is 13.5. The van der Waals surface area contributed by atoms with E-state index in [1.807, 2.05) is 36.9 Å². The molecule has 6 rings (SSSR count). The molecule has 11 heteroatoms. The van der Waals surface area contributed by atoms with E-state index in [9.17, 15) is 18.0 Å². The van der Waals surface area contributed by atoms with Crippen molar-refractivity contribution < 1.29 is 22.5 Å². The van der Waals surface area contributed by atoms with E-state index in [1.165, 1.54) is 0 Å². The molecule has 47 heavy (non-hydrogen) atoms. The number of hydrogen-bond acceptors (Lipinski definition) is 7. The SMILES string of the molecule is CCCc1nc2c(n1Cc1ccc(-c3ccccc3S(=O)(=O)Nc3onc(C)c3C)c(CN3CCC(C)(C)C3=O)c1)C(=O)CCCC2. The molecule has 1 aliphatic heterocycles. The maximum Gasteiger partial charge on any atom is 0.264 e. The van der Waals surface area contributed by atoms with Crippen molar-refractivity contribution in [1.29, 1.82) is 0 Å².